The van der Waals surface area contributed by atoms with E-state index in [1.807, 2.05) is 41.3 Å². The van der Waals surface area contributed by atoms with Crippen LogP contribution < -0.4 is 5.32 Å². The third-order valence-electron chi connectivity index (χ3n) is 5.42. The molecule has 1 aliphatic heterocycles. The van der Waals surface area contributed by atoms with Crippen molar-refractivity contribution in [2.45, 2.75) is 38.6 Å². The quantitative estimate of drug-likeness (QED) is 0.685. The Morgan fingerprint density at radius 2 is 1.90 bits per heavy atom. The fourth-order valence-corrected chi connectivity index (χ4v) is 4.60. The second kappa shape index (κ2) is 11.1. The summed E-state index contributed by atoms with van der Waals surface area (Å²) in [6.45, 7) is 5.68. The maximum atomic E-state index is 12.6. The van der Waals surface area contributed by atoms with Crippen molar-refractivity contribution in [3.63, 3.8) is 0 Å². The Labute approximate surface area is 177 Å². The van der Waals surface area contributed by atoms with E-state index in [0.717, 1.165) is 50.9 Å². The van der Waals surface area contributed by atoms with E-state index in [2.05, 4.69) is 28.6 Å². The van der Waals surface area contributed by atoms with Crippen molar-refractivity contribution in [2.24, 2.45) is 0 Å². The van der Waals surface area contributed by atoms with Crippen LogP contribution in [0.4, 0.5) is 0 Å². The number of benzene rings is 1. The van der Waals surface area contributed by atoms with E-state index in [9.17, 15) is 9.59 Å². The highest BCUT2D eigenvalue weighted by molar-refractivity contribution is 7.09. The van der Waals surface area contributed by atoms with Crippen molar-refractivity contribution in [1.82, 2.24) is 15.1 Å². The fourth-order valence-electron chi connectivity index (χ4n) is 3.90. The van der Waals surface area contributed by atoms with E-state index in [1.54, 1.807) is 11.3 Å². The Kier molecular flexibility index (Phi) is 8.25. The zero-order valence-corrected chi connectivity index (χ0v) is 18.0. The average Bonchev–Trinajstić information content (AvgIpc) is 3.27. The molecule has 0 spiro atoms. The first-order valence-electron chi connectivity index (χ1n) is 10.5. The molecule has 1 aromatic heterocycles. The molecule has 1 aromatic carbocycles. The van der Waals surface area contributed by atoms with Gasteiger partial charge in [-0.15, -0.1) is 11.3 Å². The second-order valence-electron chi connectivity index (χ2n) is 7.54. The molecule has 0 unspecified atom stereocenters. The van der Waals surface area contributed by atoms with Crippen LogP contribution >= 0.6 is 11.3 Å². The van der Waals surface area contributed by atoms with Crippen molar-refractivity contribution in [3.05, 3.63) is 58.3 Å². The Balaban J connectivity index is 1.45. The van der Waals surface area contributed by atoms with Crippen molar-refractivity contribution in [3.8, 4) is 0 Å². The van der Waals surface area contributed by atoms with E-state index < -0.39 is 0 Å². The van der Waals surface area contributed by atoms with Crippen LogP contribution in [-0.4, -0.2) is 60.4 Å². The van der Waals surface area contributed by atoms with Crippen LogP contribution in [0.25, 0.3) is 0 Å². The van der Waals surface area contributed by atoms with Gasteiger partial charge < -0.3 is 10.2 Å². The van der Waals surface area contributed by atoms with Crippen molar-refractivity contribution < 1.29 is 9.59 Å². The molecule has 0 bridgehead atoms. The molecule has 2 amide bonds. The van der Waals surface area contributed by atoms with Crippen molar-refractivity contribution in [2.75, 3.05) is 32.7 Å². The van der Waals surface area contributed by atoms with Crippen molar-refractivity contribution >= 4 is 23.2 Å². The number of nitrogens with one attached hydrogen (secondary N) is 1. The van der Waals surface area contributed by atoms with Gasteiger partial charge in [0.1, 0.15) is 0 Å². The standard InChI is InChI=1S/C23H31N3O2S/c1-2-14-26(18-22(27)24-13-10-21-9-6-17-29-21)20-11-15-25(16-12-20)23(28)19-7-4-3-5-8-19/h3-9,17,20H,2,10-16,18H2,1H3,(H,24,27). The van der Waals surface area contributed by atoms with Crippen LogP contribution in [-0.2, 0) is 11.2 Å². The smallest absolute Gasteiger partial charge is 0.253 e. The van der Waals surface area contributed by atoms with Gasteiger partial charge in [0.2, 0.25) is 5.91 Å². The van der Waals surface area contributed by atoms with E-state index >= 15 is 0 Å². The normalized spacial score (nSPS) is 14.9. The first kappa shape index (κ1) is 21.5. The molecule has 1 aliphatic rings. The predicted molar refractivity (Wildman–Crippen MR) is 118 cm³/mol. The van der Waals surface area contributed by atoms with Gasteiger partial charge >= 0.3 is 0 Å². The number of likely N-dealkylation sites (tertiary alicyclic amines) is 1. The number of amides is 2. The number of piperidine rings is 1. The van der Waals surface area contributed by atoms with E-state index in [-0.39, 0.29) is 11.8 Å². The van der Waals surface area contributed by atoms with Crippen LogP contribution in [0, 0.1) is 0 Å². The van der Waals surface area contributed by atoms with Crippen molar-refractivity contribution in [1.29, 1.82) is 0 Å². The first-order valence-corrected chi connectivity index (χ1v) is 11.4. The lowest BCUT2D eigenvalue weighted by atomic mass is 10.0. The number of thiophene rings is 1. The third kappa shape index (κ3) is 6.41. The largest absolute Gasteiger partial charge is 0.355 e. The molecular formula is C23H31N3O2S. The zero-order chi connectivity index (χ0) is 20.5. The van der Waals surface area contributed by atoms with Gasteiger partial charge in [-0.25, -0.2) is 0 Å². The summed E-state index contributed by atoms with van der Waals surface area (Å²) in [5, 5.41) is 5.12. The second-order valence-corrected chi connectivity index (χ2v) is 8.57. The zero-order valence-electron chi connectivity index (χ0n) is 17.2. The Morgan fingerprint density at radius 1 is 1.14 bits per heavy atom. The Bertz CT molecular complexity index is 756. The fraction of sp³-hybridized carbons (Fsp3) is 0.478. The minimum absolute atomic E-state index is 0.0952. The highest BCUT2D eigenvalue weighted by Crippen LogP contribution is 2.19. The summed E-state index contributed by atoms with van der Waals surface area (Å²) in [6, 6.07) is 14.0. The van der Waals surface area contributed by atoms with E-state index in [4.69, 9.17) is 0 Å². The number of carbonyl (C=O) groups is 2. The summed E-state index contributed by atoms with van der Waals surface area (Å²) in [7, 11) is 0. The number of nitrogens with zero attached hydrogens (tertiary/aromatic N) is 2. The molecule has 2 aromatic rings. The van der Waals surface area contributed by atoms with Gasteiger partial charge in [0, 0.05) is 36.1 Å². The molecule has 0 aliphatic carbocycles. The van der Waals surface area contributed by atoms with Crippen LogP contribution in [0.3, 0.4) is 0 Å². The van der Waals surface area contributed by atoms with Gasteiger partial charge in [-0.3, -0.25) is 14.5 Å². The maximum Gasteiger partial charge on any atom is 0.253 e. The minimum Gasteiger partial charge on any atom is -0.355 e. The van der Waals surface area contributed by atoms with Gasteiger partial charge in [-0.05, 0) is 55.8 Å². The molecule has 1 N–H and O–H groups in total. The molecule has 156 valence electrons. The molecule has 6 heteroatoms. The summed E-state index contributed by atoms with van der Waals surface area (Å²) in [4.78, 5) is 30.6. The topological polar surface area (TPSA) is 52.7 Å². The lowest BCUT2D eigenvalue weighted by Crippen LogP contribution is -2.49. The molecule has 0 radical (unpaired) electrons. The minimum atomic E-state index is 0.0952. The van der Waals surface area contributed by atoms with Crippen LogP contribution in [0.1, 0.15) is 41.4 Å². The number of hydrogen-bond donors (Lipinski definition) is 1. The van der Waals surface area contributed by atoms with Gasteiger partial charge in [0.25, 0.3) is 5.91 Å². The summed E-state index contributed by atoms with van der Waals surface area (Å²) >= 11 is 1.73. The molecule has 0 saturated carbocycles. The molecule has 0 atom stereocenters. The van der Waals surface area contributed by atoms with Crippen LogP contribution in [0.5, 0.6) is 0 Å². The number of rotatable bonds is 9. The molecular weight excluding hydrogens is 382 g/mol. The van der Waals surface area contributed by atoms with E-state index in [1.165, 1.54) is 4.88 Å². The highest BCUT2D eigenvalue weighted by atomic mass is 32.1. The maximum absolute atomic E-state index is 12.6. The monoisotopic (exact) mass is 413 g/mol. The third-order valence-corrected chi connectivity index (χ3v) is 6.36. The molecule has 2 heterocycles. The highest BCUT2D eigenvalue weighted by Gasteiger charge is 2.28. The first-order chi connectivity index (χ1) is 14.2. The van der Waals surface area contributed by atoms with Crippen LogP contribution in [0.15, 0.2) is 47.8 Å². The number of hydrogen-bond acceptors (Lipinski definition) is 4. The van der Waals surface area contributed by atoms with E-state index in [0.29, 0.717) is 19.1 Å². The summed E-state index contributed by atoms with van der Waals surface area (Å²) in [5.74, 6) is 0.204. The Hall–Kier alpha value is -2.18. The molecule has 29 heavy (non-hydrogen) atoms. The summed E-state index contributed by atoms with van der Waals surface area (Å²) < 4.78 is 0. The number of carbonyl (C=O) groups excluding carboxylic acids is 2. The summed E-state index contributed by atoms with van der Waals surface area (Å²) in [5.41, 5.74) is 0.751. The molecule has 1 fully saturated rings. The lowest BCUT2D eigenvalue weighted by molar-refractivity contribution is -0.123. The van der Waals surface area contributed by atoms with Gasteiger partial charge in [0.15, 0.2) is 0 Å². The predicted octanol–water partition coefficient (Wildman–Crippen LogP) is 3.42. The molecule has 1 saturated heterocycles. The lowest BCUT2D eigenvalue weighted by Gasteiger charge is -2.38. The van der Waals surface area contributed by atoms with Gasteiger partial charge in [-0.1, -0.05) is 31.2 Å². The molecule has 3 rings (SSSR count). The van der Waals surface area contributed by atoms with Gasteiger partial charge in [-0.2, -0.15) is 0 Å². The SMILES string of the molecule is CCCN(CC(=O)NCCc1cccs1)C1CCN(C(=O)c2ccccc2)CC1. The Morgan fingerprint density at radius 3 is 2.55 bits per heavy atom. The summed E-state index contributed by atoms with van der Waals surface area (Å²) in [6.07, 6.45) is 3.74. The van der Waals surface area contributed by atoms with Crippen LogP contribution in [0.2, 0.25) is 0 Å². The van der Waals surface area contributed by atoms with Gasteiger partial charge in [0.05, 0.1) is 6.54 Å². The average molecular weight is 414 g/mol. The molecule has 5 nitrogen and oxygen atoms in total.